The highest BCUT2D eigenvalue weighted by molar-refractivity contribution is 8.00. The van der Waals surface area contributed by atoms with E-state index < -0.39 is 0 Å². The van der Waals surface area contributed by atoms with Gasteiger partial charge in [-0.2, -0.15) is 11.8 Å². The molecule has 90 valence electrons. The van der Waals surface area contributed by atoms with Crippen molar-refractivity contribution in [2.75, 3.05) is 12.8 Å². The second-order valence-corrected chi connectivity index (χ2v) is 6.97. The van der Waals surface area contributed by atoms with E-state index >= 15 is 0 Å². The first-order valence-electron chi connectivity index (χ1n) is 6.20. The summed E-state index contributed by atoms with van der Waals surface area (Å²) in [6, 6.07) is 5.26. The number of likely N-dealkylation sites (N-methyl/N-ethyl adjacent to an activating group) is 1. The third-order valence-corrected chi connectivity index (χ3v) is 6.04. The SMILES string of the molecule is CCc1ccc(CC(NC)C2CCCS2)s1. The molecule has 1 aromatic heterocycles. The second kappa shape index (κ2) is 6.08. The van der Waals surface area contributed by atoms with Crippen LogP contribution in [0, 0.1) is 0 Å². The quantitative estimate of drug-likeness (QED) is 0.866. The Kier molecular flexibility index (Phi) is 4.74. The molecule has 2 heterocycles. The minimum atomic E-state index is 0.663. The van der Waals surface area contributed by atoms with Gasteiger partial charge in [0.25, 0.3) is 0 Å². The summed E-state index contributed by atoms with van der Waals surface area (Å²) in [7, 11) is 2.11. The van der Waals surface area contributed by atoms with Gasteiger partial charge in [-0.1, -0.05) is 6.92 Å². The van der Waals surface area contributed by atoms with Crippen LogP contribution in [0.15, 0.2) is 12.1 Å². The molecule has 1 aromatic rings. The fourth-order valence-corrected chi connectivity index (χ4v) is 4.73. The molecule has 0 aliphatic carbocycles. The van der Waals surface area contributed by atoms with Crippen molar-refractivity contribution in [1.29, 1.82) is 0 Å². The molecular weight excluding hydrogens is 234 g/mol. The number of thioether (sulfide) groups is 1. The summed E-state index contributed by atoms with van der Waals surface area (Å²) < 4.78 is 0. The molecule has 1 nitrogen and oxygen atoms in total. The van der Waals surface area contributed by atoms with Crippen molar-refractivity contribution < 1.29 is 0 Å². The van der Waals surface area contributed by atoms with Gasteiger partial charge in [0.15, 0.2) is 0 Å². The predicted octanol–water partition coefficient (Wildman–Crippen LogP) is 3.34. The topological polar surface area (TPSA) is 12.0 Å². The summed E-state index contributed by atoms with van der Waals surface area (Å²) >= 11 is 4.14. The molecule has 3 heteroatoms. The summed E-state index contributed by atoms with van der Waals surface area (Å²) in [6.07, 6.45) is 5.17. The molecule has 0 amide bonds. The van der Waals surface area contributed by atoms with Crippen LogP contribution in [0.2, 0.25) is 0 Å². The zero-order valence-corrected chi connectivity index (χ0v) is 11.8. The number of hydrogen-bond donors (Lipinski definition) is 1. The van der Waals surface area contributed by atoms with Crippen LogP contribution in [0.25, 0.3) is 0 Å². The smallest absolute Gasteiger partial charge is 0.0231 e. The van der Waals surface area contributed by atoms with Crippen molar-refractivity contribution in [3.63, 3.8) is 0 Å². The van der Waals surface area contributed by atoms with Gasteiger partial charge in [0.1, 0.15) is 0 Å². The molecule has 2 rings (SSSR count). The van der Waals surface area contributed by atoms with E-state index in [2.05, 4.69) is 43.2 Å². The van der Waals surface area contributed by atoms with Gasteiger partial charge >= 0.3 is 0 Å². The molecule has 0 saturated carbocycles. The summed E-state index contributed by atoms with van der Waals surface area (Å²) in [4.78, 5) is 3.06. The van der Waals surface area contributed by atoms with Crippen LogP contribution in [0.5, 0.6) is 0 Å². The highest BCUT2D eigenvalue weighted by Gasteiger charge is 2.24. The van der Waals surface area contributed by atoms with E-state index in [1.807, 2.05) is 11.3 Å². The van der Waals surface area contributed by atoms with Gasteiger partial charge in [0.2, 0.25) is 0 Å². The molecule has 2 atom stereocenters. The fourth-order valence-electron chi connectivity index (χ4n) is 2.28. The van der Waals surface area contributed by atoms with Gasteiger partial charge in [0.05, 0.1) is 0 Å². The summed E-state index contributed by atoms with van der Waals surface area (Å²) in [5.74, 6) is 1.35. The minimum Gasteiger partial charge on any atom is -0.316 e. The molecule has 1 aliphatic rings. The summed E-state index contributed by atoms with van der Waals surface area (Å²) in [5, 5.41) is 4.34. The number of nitrogens with one attached hydrogen (secondary N) is 1. The molecule has 0 bridgehead atoms. The van der Waals surface area contributed by atoms with Gasteiger partial charge in [-0.25, -0.2) is 0 Å². The third kappa shape index (κ3) is 3.02. The standard InChI is InChI=1S/C13H21NS2/c1-3-10-6-7-11(16-10)9-12(14-2)13-5-4-8-15-13/h6-7,12-14H,3-5,8-9H2,1-2H3. The lowest BCUT2D eigenvalue weighted by molar-refractivity contribution is 0.527. The normalized spacial score (nSPS) is 22.5. The van der Waals surface area contributed by atoms with Crippen LogP contribution < -0.4 is 5.32 Å². The Morgan fingerprint density at radius 3 is 2.81 bits per heavy atom. The van der Waals surface area contributed by atoms with Crippen LogP contribution in [0.1, 0.15) is 29.5 Å². The first-order valence-corrected chi connectivity index (χ1v) is 8.06. The number of aryl methyl sites for hydroxylation is 1. The molecule has 1 aliphatic heterocycles. The van der Waals surface area contributed by atoms with Gasteiger partial charge in [-0.15, -0.1) is 11.3 Å². The first-order chi connectivity index (χ1) is 7.83. The maximum Gasteiger partial charge on any atom is 0.0231 e. The Morgan fingerprint density at radius 2 is 2.25 bits per heavy atom. The lowest BCUT2D eigenvalue weighted by atomic mass is 10.1. The van der Waals surface area contributed by atoms with E-state index in [9.17, 15) is 0 Å². The molecule has 16 heavy (non-hydrogen) atoms. The molecular formula is C13H21NS2. The highest BCUT2D eigenvalue weighted by atomic mass is 32.2. The highest BCUT2D eigenvalue weighted by Crippen LogP contribution is 2.31. The lowest BCUT2D eigenvalue weighted by Crippen LogP contribution is -2.36. The Morgan fingerprint density at radius 1 is 1.44 bits per heavy atom. The third-order valence-electron chi connectivity index (χ3n) is 3.27. The maximum atomic E-state index is 3.51. The van der Waals surface area contributed by atoms with E-state index in [1.165, 1.54) is 36.3 Å². The van der Waals surface area contributed by atoms with E-state index in [-0.39, 0.29) is 0 Å². The molecule has 1 fully saturated rings. The van der Waals surface area contributed by atoms with Crippen LogP contribution in [-0.4, -0.2) is 24.1 Å². The molecule has 1 saturated heterocycles. The fraction of sp³-hybridized carbons (Fsp3) is 0.692. The monoisotopic (exact) mass is 255 g/mol. The zero-order valence-electron chi connectivity index (χ0n) is 10.2. The van der Waals surface area contributed by atoms with Crippen molar-refractivity contribution in [3.8, 4) is 0 Å². The van der Waals surface area contributed by atoms with Crippen LogP contribution in [0.3, 0.4) is 0 Å². The van der Waals surface area contributed by atoms with Gasteiger partial charge in [-0.05, 0) is 50.6 Å². The largest absolute Gasteiger partial charge is 0.316 e. The second-order valence-electron chi connectivity index (χ2n) is 4.37. The minimum absolute atomic E-state index is 0.663. The van der Waals surface area contributed by atoms with Crippen molar-refractivity contribution in [2.45, 2.75) is 43.9 Å². The van der Waals surface area contributed by atoms with Crippen molar-refractivity contribution in [2.24, 2.45) is 0 Å². The van der Waals surface area contributed by atoms with E-state index in [0.717, 1.165) is 5.25 Å². The van der Waals surface area contributed by atoms with Crippen molar-refractivity contribution in [3.05, 3.63) is 21.9 Å². The van der Waals surface area contributed by atoms with E-state index in [4.69, 9.17) is 0 Å². The van der Waals surface area contributed by atoms with E-state index in [1.54, 1.807) is 4.88 Å². The summed E-state index contributed by atoms with van der Waals surface area (Å²) in [5.41, 5.74) is 0. The van der Waals surface area contributed by atoms with Gasteiger partial charge in [0, 0.05) is 21.0 Å². The zero-order chi connectivity index (χ0) is 11.4. The number of rotatable bonds is 5. The van der Waals surface area contributed by atoms with Gasteiger partial charge in [-0.3, -0.25) is 0 Å². The molecule has 0 aromatic carbocycles. The Bertz CT molecular complexity index is 315. The first kappa shape index (κ1) is 12.5. The van der Waals surface area contributed by atoms with E-state index in [0.29, 0.717) is 6.04 Å². The Balaban J connectivity index is 1.94. The van der Waals surface area contributed by atoms with Crippen LogP contribution in [-0.2, 0) is 12.8 Å². The molecule has 0 radical (unpaired) electrons. The maximum absolute atomic E-state index is 3.51. The molecule has 2 unspecified atom stereocenters. The average Bonchev–Trinajstić information content (AvgIpc) is 2.96. The Hall–Kier alpha value is 0.01000. The average molecular weight is 255 g/mol. The number of thiophene rings is 1. The van der Waals surface area contributed by atoms with Gasteiger partial charge < -0.3 is 5.32 Å². The Labute approximate surface area is 107 Å². The van der Waals surface area contributed by atoms with Crippen LogP contribution >= 0.6 is 23.1 Å². The van der Waals surface area contributed by atoms with Crippen LogP contribution in [0.4, 0.5) is 0 Å². The molecule has 1 N–H and O–H groups in total. The van der Waals surface area contributed by atoms with Crippen molar-refractivity contribution >= 4 is 23.1 Å². The number of hydrogen-bond acceptors (Lipinski definition) is 3. The lowest BCUT2D eigenvalue weighted by Gasteiger charge is -2.21. The predicted molar refractivity (Wildman–Crippen MR) is 75.7 cm³/mol. The summed E-state index contributed by atoms with van der Waals surface area (Å²) in [6.45, 7) is 2.23. The molecule has 0 spiro atoms. The van der Waals surface area contributed by atoms with Crippen molar-refractivity contribution in [1.82, 2.24) is 5.32 Å².